The molecule has 2 aliphatic heterocycles. The summed E-state index contributed by atoms with van der Waals surface area (Å²) in [4.78, 5) is 28.1. The molecular formula is C21H28FN3O2. The first kappa shape index (κ1) is 19.4. The number of amides is 2. The maximum absolute atomic E-state index is 14.2. The van der Waals surface area contributed by atoms with E-state index < -0.39 is 0 Å². The highest BCUT2D eigenvalue weighted by atomic mass is 19.1. The van der Waals surface area contributed by atoms with E-state index in [1.54, 1.807) is 11.0 Å². The van der Waals surface area contributed by atoms with E-state index in [0.717, 1.165) is 24.9 Å². The Morgan fingerprint density at radius 2 is 1.96 bits per heavy atom. The number of nitrogens with one attached hydrogen (secondary N) is 1. The molecule has 2 amide bonds. The van der Waals surface area contributed by atoms with Crippen molar-refractivity contribution in [1.82, 2.24) is 10.2 Å². The smallest absolute Gasteiger partial charge is 0.245 e. The fourth-order valence-electron chi connectivity index (χ4n) is 3.99. The molecule has 1 aromatic rings. The maximum Gasteiger partial charge on any atom is 0.245 e. The highest BCUT2D eigenvalue weighted by Gasteiger charge is 2.29. The van der Waals surface area contributed by atoms with Crippen LogP contribution in [0, 0.1) is 18.7 Å². The van der Waals surface area contributed by atoms with Crippen LogP contribution in [0.25, 0.3) is 0 Å². The number of halogens is 1. The predicted molar refractivity (Wildman–Crippen MR) is 104 cm³/mol. The number of likely N-dealkylation sites (tertiary alicyclic amines) is 1. The van der Waals surface area contributed by atoms with Crippen molar-refractivity contribution in [3.05, 3.63) is 42.2 Å². The number of anilines is 1. The fraction of sp³-hybridized carbons (Fsp3) is 0.524. The van der Waals surface area contributed by atoms with Crippen molar-refractivity contribution in [3.63, 3.8) is 0 Å². The minimum atomic E-state index is -0.216. The summed E-state index contributed by atoms with van der Waals surface area (Å²) < 4.78 is 14.2. The molecule has 2 fully saturated rings. The minimum absolute atomic E-state index is 0.0269. The Kier molecular flexibility index (Phi) is 6.14. The van der Waals surface area contributed by atoms with E-state index in [-0.39, 0.29) is 29.6 Å². The molecule has 0 aromatic heterocycles. The first-order valence-electron chi connectivity index (χ1n) is 9.70. The number of carbonyl (C=O) groups excluding carboxylic acids is 2. The van der Waals surface area contributed by atoms with Crippen LogP contribution in [0.4, 0.5) is 10.1 Å². The molecule has 1 aromatic carbocycles. The van der Waals surface area contributed by atoms with Gasteiger partial charge in [-0.25, -0.2) is 4.39 Å². The third-order valence-corrected chi connectivity index (χ3v) is 5.56. The van der Waals surface area contributed by atoms with Gasteiger partial charge in [-0.2, -0.15) is 0 Å². The van der Waals surface area contributed by atoms with Crippen LogP contribution in [0.2, 0.25) is 0 Å². The van der Waals surface area contributed by atoms with Crippen LogP contribution in [0.5, 0.6) is 0 Å². The molecule has 1 unspecified atom stereocenters. The molecule has 0 saturated carbocycles. The summed E-state index contributed by atoms with van der Waals surface area (Å²) in [7, 11) is 0. The lowest BCUT2D eigenvalue weighted by Crippen LogP contribution is -2.51. The first-order chi connectivity index (χ1) is 13.0. The summed E-state index contributed by atoms with van der Waals surface area (Å²) in [6.07, 6.45) is 4.50. The topological polar surface area (TPSA) is 52.7 Å². The molecule has 0 radical (unpaired) electrons. The van der Waals surface area contributed by atoms with E-state index in [4.69, 9.17) is 0 Å². The minimum Gasteiger partial charge on any atom is -0.367 e. The molecule has 0 aliphatic carbocycles. The number of rotatable bonds is 4. The van der Waals surface area contributed by atoms with Crippen molar-refractivity contribution >= 4 is 17.5 Å². The van der Waals surface area contributed by atoms with Crippen molar-refractivity contribution < 1.29 is 14.0 Å². The second-order valence-electron chi connectivity index (χ2n) is 7.55. The van der Waals surface area contributed by atoms with Gasteiger partial charge in [-0.3, -0.25) is 9.59 Å². The van der Waals surface area contributed by atoms with Gasteiger partial charge in [0.2, 0.25) is 11.8 Å². The average Bonchev–Trinajstić information content (AvgIpc) is 2.69. The molecule has 3 rings (SSSR count). The van der Waals surface area contributed by atoms with Gasteiger partial charge < -0.3 is 15.1 Å². The van der Waals surface area contributed by atoms with Crippen LogP contribution >= 0.6 is 0 Å². The van der Waals surface area contributed by atoms with Crippen LogP contribution in [0.15, 0.2) is 30.9 Å². The summed E-state index contributed by atoms with van der Waals surface area (Å²) in [5, 5.41) is 3.15. The Bertz CT molecular complexity index is 713. The summed E-state index contributed by atoms with van der Waals surface area (Å²) in [6.45, 7) is 8.07. The SMILES string of the molecule is C=CC(=O)N1CCC(C(=O)NC2CCCN(c3cc(C)ccc3F)C2)CC1. The van der Waals surface area contributed by atoms with Crippen molar-refractivity contribution in [3.8, 4) is 0 Å². The standard InChI is InChI=1S/C21H28FN3O2/c1-3-20(26)24-11-8-16(9-12-24)21(27)23-17-5-4-10-25(14-17)19-13-15(2)6-7-18(19)22/h3,6-7,13,16-17H,1,4-5,8-12,14H2,2H3,(H,23,27). The van der Waals surface area contributed by atoms with E-state index in [2.05, 4.69) is 11.9 Å². The fourth-order valence-corrected chi connectivity index (χ4v) is 3.99. The van der Waals surface area contributed by atoms with Gasteiger partial charge in [-0.15, -0.1) is 0 Å². The predicted octanol–water partition coefficient (Wildman–Crippen LogP) is 2.64. The summed E-state index contributed by atoms with van der Waals surface area (Å²) in [5.74, 6) is -0.300. The van der Waals surface area contributed by atoms with Gasteiger partial charge in [0, 0.05) is 38.1 Å². The third kappa shape index (κ3) is 4.67. The van der Waals surface area contributed by atoms with Crippen molar-refractivity contribution in [2.75, 3.05) is 31.1 Å². The summed E-state index contributed by atoms with van der Waals surface area (Å²) >= 11 is 0. The molecule has 2 saturated heterocycles. The number of nitrogens with zero attached hydrogens (tertiary/aromatic N) is 2. The van der Waals surface area contributed by atoms with E-state index >= 15 is 0 Å². The summed E-state index contributed by atoms with van der Waals surface area (Å²) in [6, 6.07) is 5.17. The van der Waals surface area contributed by atoms with Gasteiger partial charge in [0.15, 0.2) is 0 Å². The lowest BCUT2D eigenvalue weighted by molar-refractivity contribution is -0.132. The van der Waals surface area contributed by atoms with E-state index in [1.807, 2.05) is 17.9 Å². The molecule has 0 spiro atoms. The molecular weight excluding hydrogens is 345 g/mol. The highest BCUT2D eigenvalue weighted by Crippen LogP contribution is 2.25. The van der Waals surface area contributed by atoms with Crippen LogP contribution in [0.1, 0.15) is 31.2 Å². The zero-order chi connectivity index (χ0) is 19.4. The Labute approximate surface area is 160 Å². The number of hydrogen-bond acceptors (Lipinski definition) is 3. The van der Waals surface area contributed by atoms with Crippen LogP contribution in [-0.4, -0.2) is 48.9 Å². The van der Waals surface area contributed by atoms with Gasteiger partial charge in [0.05, 0.1) is 5.69 Å². The van der Waals surface area contributed by atoms with E-state index in [0.29, 0.717) is 38.2 Å². The molecule has 2 heterocycles. The zero-order valence-corrected chi connectivity index (χ0v) is 15.9. The molecule has 1 N–H and O–H groups in total. The van der Waals surface area contributed by atoms with Crippen molar-refractivity contribution in [2.24, 2.45) is 5.92 Å². The van der Waals surface area contributed by atoms with Crippen molar-refractivity contribution in [1.29, 1.82) is 0 Å². The highest BCUT2D eigenvalue weighted by molar-refractivity contribution is 5.87. The molecule has 27 heavy (non-hydrogen) atoms. The lowest BCUT2D eigenvalue weighted by Gasteiger charge is -2.36. The lowest BCUT2D eigenvalue weighted by atomic mass is 9.94. The van der Waals surface area contributed by atoms with E-state index in [1.165, 1.54) is 12.1 Å². The van der Waals surface area contributed by atoms with Crippen LogP contribution in [-0.2, 0) is 9.59 Å². The molecule has 6 heteroatoms. The summed E-state index contributed by atoms with van der Waals surface area (Å²) in [5.41, 5.74) is 1.64. The maximum atomic E-state index is 14.2. The number of benzene rings is 1. The van der Waals surface area contributed by atoms with Gasteiger partial charge >= 0.3 is 0 Å². The van der Waals surface area contributed by atoms with E-state index in [9.17, 15) is 14.0 Å². The largest absolute Gasteiger partial charge is 0.367 e. The second-order valence-corrected chi connectivity index (χ2v) is 7.55. The van der Waals surface area contributed by atoms with Crippen LogP contribution < -0.4 is 10.2 Å². The number of hydrogen-bond donors (Lipinski definition) is 1. The number of aryl methyl sites for hydroxylation is 1. The number of carbonyl (C=O) groups is 2. The Morgan fingerprint density at radius 1 is 1.22 bits per heavy atom. The molecule has 146 valence electrons. The third-order valence-electron chi connectivity index (χ3n) is 5.56. The Balaban J connectivity index is 1.55. The zero-order valence-electron chi connectivity index (χ0n) is 15.9. The van der Waals surface area contributed by atoms with Gasteiger partial charge in [-0.1, -0.05) is 12.6 Å². The quantitative estimate of drug-likeness (QED) is 0.826. The number of piperidine rings is 2. The van der Waals surface area contributed by atoms with Gasteiger partial charge in [0.25, 0.3) is 0 Å². The Hall–Kier alpha value is -2.37. The van der Waals surface area contributed by atoms with Crippen molar-refractivity contribution in [2.45, 2.75) is 38.6 Å². The van der Waals surface area contributed by atoms with Gasteiger partial charge in [0.1, 0.15) is 5.82 Å². The van der Waals surface area contributed by atoms with Gasteiger partial charge in [-0.05, 0) is 56.4 Å². The average molecular weight is 373 g/mol. The normalized spacial score (nSPS) is 21.0. The monoisotopic (exact) mass is 373 g/mol. The molecule has 1 atom stereocenters. The first-order valence-corrected chi connectivity index (χ1v) is 9.70. The Morgan fingerprint density at radius 3 is 2.67 bits per heavy atom. The molecule has 0 bridgehead atoms. The molecule has 5 nitrogen and oxygen atoms in total. The second kappa shape index (κ2) is 8.55. The van der Waals surface area contributed by atoms with Crippen LogP contribution in [0.3, 0.4) is 0 Å². The molecule has 2 aliphatic rings.